The summed E-state index contributed by atoms with van der Waals surface area (Å²) in [5.74, 6) is -0.0112. The molecule has 19 heavy (non-hydrogen) atoms. The van der Waals surface area contributed by atoms with E-state index in [1.54, 1.807) is 11.9 Å². The maximum absolute atomic E-state index is 11.7. The number of hydrogen-bond acceptors (Lipinski definition) is 3. The van der Waals surface area contributed by atoms with Gasteiger partial charge in [-0.2, -0.15) is 0 Å². The lowest BCUT2D eigenvalue weighted by Crippen LogP contribution is -2.51. The Morgan fingerprint density at radius 2 is 2.11 bits per heavy atom. The quantitative estimate of drug-likeness (QED) is 0.782. The molecule has 1 saturated carbocycles. The zero-order chi connectivity index (χ0) is 13.7. The molecule has 2 aliphatic rings. The van der Waals surface area contributed by atoms with Crippen molar-refractivity contribution in [3.05, 3.63) is 0 Å². The fraction of sp³-hybridized carbons (Fsp3) is 0.846. The molecule has 1 saturated heterocycles. The summed E-state index contributed by atoms with van der Waals surface area (Å²) in [6.45, 7) is 1.08. The van der Waals surface area contributed by atoms with Crippen molar-refractivity contribution in [2.75, 3.05) is 26.7 Å². The summed E-state index contributed by atoms with van der Waals surface area (Å²) in [6.07, 6.45) is 5.71. The Labute approximate surface area is 113 Å². The van der Waals surface area contributed by atoms with Crippen LogP contribution in [0.5, 0.6) is 0 Å². The third-order valence-corrected chi connectivity index (χ3v) is 3.78. The van der Waals surface area contributed by atoms with Crippen LogP contribution in [0.2, 0.25) is 0 Å². The van der Waals surface area contributed by atoms with Gasteiger partial charge >= 0.3 is 6.03 Å². The van der Waals surface area contributed by atoms with Crippen LogP contribution in [0.15, 0.2) is 0 Å². The summed E-state index contributed by atoms with van der Waals surface area (Å²) in [6, 6.07) is 0.181. The number of carbonyl (C=O) groups excluding carboxylic acids is 2. The van der Waals surface area contributed by atoms with E-state index >= 15 is 0 Å². The molecule has 1 aliphatic carbocycles. The van der Waals surface area contributed by atoms with E-state index in [-0.39, 0.29) is 24.6 Å². The number of likely N-dealkylation sites (N-methyl/N-ethyl adjacent to an activating group) is 1. The Balaban J connectivity index is 1.64. The first-order chi connectivity index (χ1) is 9.15. The third kappa shape index (κ3) is 4.38. The molecule has 6 heteroatoms. The molecule has 108 valence electrons. The van der Waals surface area contributed by atoms with Crippen molar-refractivity contribution in [3.63, 3.8) is 0 Å². The van der Waals surface area contributed by atoms with E-state index in [0.29, 0.717) is 19.1 Å². The van der Waals surface area contributed by atoms with Crippen molar-refractivity contribution in [1.82, 2.24) is 15.5 Å². The van der Waals surface area contributed by atoms with Crippen LogP contribution in [-0.2, 0) is 9.53 Å². The van der Waals surface area contributed by atoms with Crippen LogP contribution in [0.25, 0.3) is 0 Å². The second-order valence-electron chi connectivity index (χ2n) is 5.40. The minimum atomic E-state index is -0.130. The van der Waals surface area contributed by atoms with Gasteiger partial charge in [0, 0.05) is 26.2 Å². The maximum Gasteiger partial charge on any atom is 0.315 e. The molecule has 2 N–H and O–H groups in total. The van der Waals surface area contributed by atoms with Gasteiger partial charge in [-0.25, -0.2) is 4.79 Å². The number of urea groups is 1. The van der Waals surface area contributed by atoms with Crippen LogP contribution >= 0.6 is 0 Å². The van der Waals surface area contributed by atoms with E-state index in [2.05, 4.69) is 10.6 Å². The standard InChI is InChI=1S/C13H23N3O3/c1-16-8-11(19-9-12(16)17)7-14-13(18)15-10-5-3-2-4-6-10/h10-11H,2-9H2,1H3,(H2,14,15,18). The fourth-order valence-corrected chi connectivity index (χ4v) is 2.57. The van der Waals surface area contributed by atoms with Crippen molar-refractivity contribution in [3.8, 4) is 0 Å². The zero-order valence-electron chi connectivity index (χ0n) is 11.5. The van der Waals surface area contributed by atoms with Gasteiger partial charge in [-0.3, -0.25) is 4.79 Å². The predicted octanol–water partition coefficient (Wildman–Crippen LogP) is 0.475. The van der Waals surface area contributed by atoms with Gasteiger partial charge < -0.3 is 20.3 Å². The largest absolute Gasteiger partial charge is 0.365 e. The van der Waals surface area contributed by atoms with Crippen molar-refractivity contribution in [1.29, 1.82) is 0 Å². The second-order valence-corrected chi connectivity index (χ2v) is 5.40. The van der Waals surface area contributed by atoms with Gasteiger partial charge in [0.25, 0.3) is 0 Å². The van der Waals surface area contributed by atoms with Gasteiger partial charge in [0.2, 0.25) is 5.91 Å². The molecule has 3 amide bonds. The van der Waals surface area contributed by atoms with Gasteiger partial charge in [0.1, 0.15) is 6.61 Å². The first kappa shape index (κ1) is 14.1. The van der Waals surface area contributed by atoms with Crippen LogP contribution in [0.1, 0.15) is 32.1 Å². The highest BCUT2D eigenvalue weighted by atomic mass is 16.5. The normalized spacial score (nSPS) is 25.2. The molecule has 1 heterocycles. The average molecular weight is 269 g/mol. The van der Waals surface area contributed by atoms with Crippen LogP contribution in [-0.4, -0.2) is 55.7 Å². The Bertz CT molecular complexity index is 329. The number of carbonyl (C=O) groups is 2. The molecule has 0 spiro atoms. The second kappa shape index (κ2) is 6.75. The van der Waals surface area contributed by atoms with E-state index < -0.39 is 0 Å². The highest BCUT2D eigenvalue weighted by Gasteiger charge is 2.24. The topological polar surface area (TPSA) is 70.7 Å². The van der Waals surface area contributed by atoms with Gasteiger partial charge in [0.05, 0.1) is 6.10 Å². The average Bonchev–Trinajstić information content (AvgIpc) is 2.41. The van der Waals surface area contributed by atoms with Gasteiger partial charge in [-0.15, -0.1) is 0 Å². The highest BCUT2D eigenvalue weighted by Crippen LogP contribution is 2.17. The van der Waals surface area contributed by atoms with Gasteiger partial charge in [-0.05, 0) is 12.8 Å². The summed E-state index contributed by atoms with van der Waals surface area (Å²) < 4.78 is 5.37. The van der Waals surface area contributed by atoms with E-state index in [9.17, 15) is 9.59 Å². The molecule has 0 aromatic rings. The number of nitrogens with zero attached hydrogens (tertiary/aromatic N) is 1. The SMILES string of the molecule is CN1CC(CNC(=O)NC2CCCCC2)OCC1=O. The smallest absolute Gasteiger partial charge is 0.315 e. The lowest BCUT2D eigenvalue weighted by molar-refractivity contribution is -0.146. The summed E-state index contributed by atoms with van der Waals surface area (Å²) in [5, 5.41) is 5.81. The zero-order valence-corrected chi connectivity index (χ0v) is 11.5. The minimum absolute atomic E-state index is 0.0112. The molecular weight excluding hydrogens is 246 g/mol. The molecule has 0 aromatic carbocycles. The monoisotopic (exact) mass is 269 g/mol. The summed E-state index contributed by atoms with van der Waals surface area (Å²) in [7, 11) is 1.75. The van der Waals surface area contributed by atoms with Crippen molar-refractivity contribution in [2.24, 2.45) is 0 Å². The maximum atomic E-state index is 11.7. The molecule has 2 rings (SSSR count). The molecule has 0 aromatic heterocycles. The van der Waals surface area contributed by atoms with Crippen LogP contribution in [0.3, 0.4) is 0 Å². The Kier molecular flexibility index (Phi) is 5.01. The molecular formula is C13H23N3O3. The molecule has 0 radical (unpaired) electrons. The van der Waals surface area contributed by atoms with Crippen molar-refractivity contribution < 1.29 is 14.3 Å². The minimum Gasteiger partial charge on any atom is -0.365 e. The molecule has 0 bridgehead atoms. The number of amides is 3. The number of hydrogen-bond donors (Lipinski definition) is 2. The lowest BCUT2D eigenvalue weighted by Gasteiger charge is -2.30. The van der Waals surface area contributed by atoms with Crippen molar-refractivity contribution in [2.45, 2.75) is 44.2 Å². The number of nitrogens with one attached hydrogen (secondary N) is 2. The summed E-state index contributed by atoms with van der Waals surface area (Å²) in [5.41, 5.74) is 0. The van der Waals surface area contributed by atoms with E-state index in [1.807, 2.05) is 0 Å². The molecule has 2 fully saturated rings. The van der Waals surface area contributed by atoms with Crippen LogP contribution in [0, 0.1) is 0 Å². The fourth-order valence-electron chi connectivity index (χ4n) is 2.57. The molecule has 1 unspecified atom stereocenters. The van der Waals surface area contributed by atoms with Gasteiger partial charge in [0.15, 0.2) is 0 Å². The number of rotatable bonds is 3. The molecule has 1 aliphatic heterocycles. The lowest BCUT2D eigenvalue weighted by atomic mass is 9.96. The molecule has 1 atom stereocenters. The highest BCUT2D eigenvalue weighted by molar-refractivity contribution is 5.78. The molecule has 6 nitrogen and oxygen atoms in total. The number of morpholine rings is 1. The first-order valence-corrected chi connectivity index (χ1v) is 7.05. The Morgan fingerprint density at radius 3 is 2.79 bits per heavy atom. The predicted molar refractivity (Wildman–Crippen MR) is 70.8 cm³/mol. The third-order valence-electron chi connectivity index (χ3n) is 3.78. The Hall–Kier alpha value is -1.30. The van der Waals surface area contributed by atoms with Crippen molar-refractivity contribution >= 4 is 11.9 Å². The van der Waals surface area contributed by atoms with Crippen LogP contribution in [0.4, 0.5) is 4.79 Å². The van der Waals surface area contributed by atoms with E-state index in [4.69, 9.17) is 4.74 Å². The summed E-state index contributed by atoms with van der Waals surface area (Å²) in [4.78, 5) is 24.6. The van der Waals surface area contributed by atoms with E-state index in [0.717, 1.165) is 12.8 Å². The number of ether oxygens (including phenoxy) is 1. The van der Waals surface area contributed by atoms with Crippen LogP contribution < -0.4 is 10.6 Å². The Morgan fingerprint density at radius 1 is 1.37 bits per heavy atom. The summed E-state index contributed by atoms with van der Waals surface area (Å²) >= 11 is 0. The van der Waals surface area contributed by atoms with Gasteiger partial charge in [-0.1, -0.05) is 19.3 Å². The first-order valence-electron chi connectivity index (χ1n) is 7.05. The van der Waals surface area contributed by atoms with E-state index in [1.165, 1.54) is 19.3 Å².